The van der Waals surface area contributed by atoms with Gasteiger partial charge in [0.25, 0.3) is 0 Å². The molecule has 7 heteroatoms. The summed E-state index contributed by atoms with van der Waals surface area (Å²) >= 11 is 0. The molecule has 21 heavy (non-hydrogen) atoms. The van der Waals surface area contributed by atoms with Crippen LogP contribution >= 0.6 is 0 Å². The van der Waals surface area contributed by atoms with E-state index in [0.29, 0.717) is 17.6 Å². The van der Waals surface area contributed by atoms with Crippen LogP contribution in [0.4, 0.5) is 13.2 Å². The number of hydrogen-bond donors (Lipinski definition) is 3. The Hall–Kier alpha value is -1.76. The van der Waals surface area contributed by atoms with Crippen molar-refractivity contribution in [3.05, 3.63) is 34.2 Å². The van der Waals surface area contributed by atoms with E-state index in [1.165, 1.54) is 0 Å². The Morgan fingerprint density at radius 2 is 1.95 bits per heavy atom. The van der Waals surface area contributed by atoms with Crippen LogP contribution in [0.2, 0.25) is 0 Å². The Kier molecular flexibility index (Phi) is 4.72. The van der Waals surface area contributed by atoms with E-state index in [1.54, 1.807) is 18.2 Å². The summed E-state index contributed by atoms with van der Waals surface area (Å²) in [5.74, 6) is 0. The van der Waals surface area contributed by atoms with E-state index >= 15 is 0 Å². The van der Waals surface area contributed by atoms with Crippen molar-refractivity contribution < 1.29 is 13.2 Å². The van der Waals surface area contributed by atoms with E-state index in [-0.39, 0.29) is 18.2 Å². The molecule has 0 saturated heterocycles. The fraction of sp³-hybridized carbons (Fsp3) is 0.500. The van der Waals surface area contributed by atoms with Crippen molar-refractivity contribution in [1.29, 1.82) is 0 Å². The van der Waals surface area contributed by atoms with Crippen molar-refractivity contribution in [2.24, 2.45) is 0 Å². The van der Waals surface area contributed by atoms with Crippen LogP contribution in [0, 0.1) is 0 Å². The van der Waals surface area contributed by atoms with Gasteiger partial charge in [0, 0.05) is 12.5 Å². The molecular formula is C14H18F3N3O. The minimum Gasteiger partial charge on any atom is -0.310 e. The average Bonchev–Trinajstić information content (AvgIpc) is 2.76. The molecule has 0 aliphatic rings. The number of H-pyrrole nitrogens is 2. The van der Waals surface area contributed by atoms with Crippen molar-refractivity contribution >= 4 is 11.0 Å². The van der Waals surface area contributed by atoms with Crippen molar-refractivity contribution in [1.82, 2.24) is 15.3 Å². The highest BCUT2D eigenvalue weighted by Crippen LogP contribution is 2.28. The van der Waals surface area contributed by atoms with Crippen LogP contribution in [0.15, 0.2) is 23.0 Å². The third-order valence-electron chi connectivity index (χ3n) is 3.30. The van der Waals surface area contributed by atoms with Crippen molar-refractivity contribution in [2.45, 2.75) is 38.4 Å². The zero-order chi connectivity index (χ0) is 15.5. The number of benzene rings is 1. The summed E-state index contributed by atoms with van der Waals surface area (Å²) in [5.41, 5.74) is 1.67. The van der Waals surface area contributed by atoms with Crippen LogP contribution in [-0.4, -0.2) is 22.7 Å². The Labute approximate surface area is 119 Å². The molecular weight excluding hydrogens is 283 g/mol. The molecule has 1 aromatic heterocycles. The largest absolute Gasteiger partial charge is 0.389 e. The highest BCUT2D eigenvalue weighted by Gasteiger charge is 2.28. The van der Waals surface area contributed by atoms with E-state index < -0.39 is 12.6 Å². The first-order valence-electron chi connectivity index (χ1n) is 6.91. The standard InChI is InChI=1S/C14H18F3N3O/c1-2-7-18-10(5-6-14(15,16)17)9-3-4-11-12(8-9)20-13(21)19-11/h3-4,8,10,18H,2,5-7H2,1H3,(H2,19,20,21). The Bertz CT molecular complexity index is 645. The molecule has 0 aliphatic heterocycles. The minimum absolute atomic E-state index is 0.0241. The quantitative estimate of drug-likeness (QED) is 0.767. The van der Waals surface area contributed by atoms with Gasteiger partial charge in [0.05, 0.1) is 11.0 Å². The number of halogens is 3. The summed E-state index contributed by atoms with van der Waals surface area (Å²) in [7, 11) is 0. The number of rotatable bonds is 6. The molecule has 2 rings (SSSR count). The molecule has 0 amide bonds. The van der Waals surface area contributed by atoms with Gasteiger partial charge in [-0.15, -0.1) is 0 Å². The molecule has 1 aromatic carbocycles. The summed E-state index contributed by atoms with van der Waals surface area (Å²) < 4.78 is 37.3. The van der Waals surface area contributed by atoms with Gasteiger partial charge in [-0.25, -0.2) is 4.79 Å². The van der Waals surface area contributed by atoms with Gasteiger partial charge in [0.15, 0.2) is 0 Å². The maximum atomic E-state index is 12.4. The maximum absolute atomic E-state index is 12.4. The lowest BCUT2D eigenvalue weighted by Gasteiger charge is -2.20. The molecule has 3 N–H and O–H groups in total. The second-order valence-electron chi connectivity index (χ2n) is 5.04. The second-order valence-corrected chi connectivity index (χ2v) is 5.04. The monoisotopic (exact) mass is 301 g/mol. The Morgan fingerprint density at radius 3 is 2.62 bits per heavy atom. The number of alkyl halides is 3. The fourth-order valence-electron chi connectivity index (χ4n) is 2.28. The number of hydrogen-bond acceptors (Lipinski definition) is 2. The second kappa shape index (κ2) is 6.34. The molecule has 2 aromatic rings. The lowest BCUT2D eigenvalue weighted by Crippen LogP contribution is -2.24. The lowest BCUT2D eigenvalue weighted by atomic mass is 10.0. The molecule has 0 fully saturated rings. The smallest absolute Gasteiger partial charge is 0.310 e. The molecule has 0 aliphatic carbocycles. The van der Waals surface area contributed by atoms with Crippen LogP contribution in [0.5, 0.6) is 0 Å². The number of nitrogens with one attached hydrogen (secondary N) is 3. The lowest BCUT2D eigenvalue weighted by molar-refractivity contribution is -0.136. The van der Waals surface area contributed by atoms with Gasteiger partial charge in [-0.3, -0.25) is 0 Å². The molecule has 1 atom stereocenters. The van der Waals surface area contributed by atoms with Crippen LogP contribution in [0.1, 0.15) is 37.8 Å². The summed E-state index contributed by atoms with van der Waals surface area (Å²) in [5, 5.41) is 3.13. The maximum Gasteiger partial charge on any atom is 0.389 e. The normalized spacial score (nSPS) is 13.7. The zero-order valence-electron chi connectivity index (χ0n) is 11.7. The summed E-state index contributed by atoms with van der Waals surface area (Å²) in [4.78, 5) is 16.5. The van der Waals surface area contributed by atoms with E-state index in [0.717, 1.165) is 12.0 Å². The summed E-state index contributed by atoms with van der Waals surface area (Å²) in [6, 6.07) is 4.79. The molecule has 0 bridgehead atoms. The number of fused-ring (bicyclic) bond motifs is 1. The first-order valence-corrected chi connectivity index (χ1v) is 6.91. The zero-order valence-corrected chi connectivity index (χ0v) is 11.7. The highest BCUT2D eigenvalue weighted by atomic mass is 19.4. The number of aromatic amines is 2. The predicted molar refractivity (Wildman–Crippen MR) is 75.2 cm³/mol. The van der Waals surface area contributed by atoms with Crippen LogP contribution in [-0.2, 0) is 0 Å². The average molecular weight is 301 g/mol. The summed E-state index contributed by atoms with van der Waals surface area (Å²) in [6.07, 6.45) is -4.19. The first-order chi connectivity index (χ1) is 9.89. The third kappa shape index (κ3) is 4.35. The van der Waals surface area contributed by atoms with Gasteiger partial charge >= 0.3 is 11.9 Å². The van der Waals surface area contributed by atoms with Crippen molar-refractivity contribution in [2.75, 3.05) is 6.54 Å². The van der Waals surface area contributed by atoms with Gasteiger partial charge in [-0.1, -0.05) is 13.0 Å². The van der Waals surface area contributed by atoms with Crippen molar-refractivity contribution in [3.63, 3.8) is 0 Å². The molecule has 0 spiro atoms. The first kappa shape index (κ1) is 15.6. The fourth-order valence-corrected chi connectivity index (χ4v) is 2.28. The van der Waals surface area contributed by atoms with Gasteiger partial charge in [0.2, 0.25) is 0 Å². The molecule has 0 saturated carbocycles. The topological polar surface area (TPSA) is 60.7 Å². The molecule has 4 nitrogen and oxygen atoms in total. The van der Waals surface area contributed by atoms with Gasteiger partial charge < -0.3 is 15.3 Å². The SMILES string of the molecule is CCCNC(CCC(F)(F)F)c1ccc2[nH]c(=O)[nH]c2c1. The van der Waals surface area contributed by atoms with E-state index in [4.69, 9.17) is 0 Å². The number of aromatic nitrogens is 2. The van der Waals surface area contributed by atoms with Crippen LogP contribution in [0.3, 0.4) is 0 Å². The Balaban J connectivity index is 2.21. The van der Waals surface area contributed by atoms with E-state index in [1.807, 2.05) is 6.92 Å². The third-order valence-corrected chi connectivity index (χ3v) is 3.30. The molecule has 1 unspecified atom stereocenters. The van der Waals surface area contributed by atoms with E-state index in [9.17, 15) is 18.0 Å². The van der Waals surface area contributed by atoms with E-state index in [2.05, 4.69) is 15.3 Å². The van der Waals surface area contributed by atoms with Crippen LogP contribution in [0.25, 0.3) is 11.0 Å². The van der Waals surface area contributed by atoms with Gasteiger partial charge in [-0.05, 0) is 37.1 Å². The Morgan fingerprint density at radius 1 is 1.24 bits per heavy atom. The van der Waals surface area contributed by atoms with Gasteiger partial charge in [0.1, 0.15) is 0 Å². The minimum atomic E-state index is -4.17. The molecule has 116 valence electrons. The summed E-state index contributed by atoms with van der Waals surface area (Å²) in [6.45, 7) is 2.60. The van der Waals surface area contributed by atoms with Gasteiger partial charge in [-0.2, -0.15) is 13.2 Å². The number of imidazole rings is 1. The molecule has 0 radical (unpaired) electrons. The van der Waals surface area contributed by atoms with Crippen molar-refractivity contribution in [3.8, 4) is 0 Å². The van der Waals surface area contributed by atoms with Crippen LogP contribution < -0.4 is 11.0 Å². The molecule has 1 heterocycles. The predicted octanol–water partition coefficient (Wildman–Crippen LogP) is 3.24. The highest BCUT2D eigenvalue weighted by molar-refractivity contribution is 5.75.